The van der Waals surface area contributed by atoms with Crippen LogP contribution >= 0.6 is 15.6 Å². The first-order valence-electron chi connectivity index (χ1n) is 36.4. The molecule has 0 heterocycles. The van der Waals surface area contributed by atoms with Crippen molar-refractivity contribution in [3.05, 3.63) is 0 Å². The molecule has 0 aliphatic carbocycles. The summed E-state index contributed by atoms with van der Waals surface area (Å²) in [7, 11) is -9.90. The predicted molar refractivity (Wildman–Crippen MR) is 358 cm³/mol. The van der Waals surface area contributed by atoms with E-state index in [9.17, 15) is 43.2 Å². The zero-order valence-corrected chi connectivity index (χ0v) is 59.7. The minimum Gasteiger partial charge on any atom is -0.462 e. The fourth-order valence-electron chi connectivity index (χ4n) is 10.5. The Balaban J connectivity index is 5.27. The molecule has 3 N–H and O–H groups in total. The normalized spacial score (nSPS) is 14.8. The van der Waals surface area contributed by atoms with Gasteiger partial charge >= 0.3 is 39.5 Å². The van der Waals surface area contributed by atoms with Crippen LogP contribution in [0, 0.1) is 17.8 Å². The van der Waals surface area contributed by atoms with Gasteiger partial charge in [-0.1, -0.05) is 299 Å². The van der Waals surface area contributed by atoms with Gasteiger partial charge in [0.2, 0.25) is 0 Å². The number of aliphatic hydroxyl groups is 1. The van der Waals surface area contributed by atoms with Gasteiger partial charge in [0, 0.05) is 25.7 Å². The highest BCUT2D eigenvalue weighted by Crippen LogP contribution is 2.45. The Kier molecular flexibility index (Phi) is 59.6. The number of carbonyl (C=O) groups is 4. The van der Waals surface area contributed by atoms with E-state index in [-0.39, 0.29) is 25.7 Å². The fraction of sp³-hybridized carbons (Fsp3) is 0.943. The Morgan fingerprint density at radius 2 is 0.573 bits per heavy atom. The first-order valence-corrected chi connectivity index (χ1v) is 39.4. The fourth-order valence-corrected chi connectivity index (χ4v) is 12.1. The quantitative estimate of drug-likeness (QED) is 0.0222. The number of rotatable bonds is 68. The van der Waals surface area contributed by atoms with Gasteiger partial charge in [-0.2, -0.15) is 0 Å². The summed E-state index contributed by atoms with van der Waals surface area (Å²) in [6, 6.07) is 0. The van der Waals surface area contributed by atoms with E-state index < -0.39 is 97.5 Å². The maximum Gasteiger partial charge on any atom is 0.472 e. The molecule has 0 aliphatic rings. The minimum absolute atomic E-state index is 0.105. The zero-order chi connectivity index (χ0) is 65.9. The highest BCUT2D eigenvalue weighted by Gasteiger charge is 2.30. The van der Waals surface area contributed by atoms with Gasteiger partial charge in [-0.25, -0.2) is 9.13 Å². The largest absolute Gasteiger partial charge is 0.472 e. The average Bonchev–Trinajstić information content (AvgIpc) is 3.59. The Labute approximate surface area is 543 Å². The molecule has 17 nitrogen and oxygen atoms in total. The summed E-state index contributed by atoms with van der Waals surface area (Å²) in [5.74, 6) is 0.181. The van der Waals surface area contributed by atoms with Crippen molar-refractivity contribution in [2.24, 2.45) is 17.8 Å². The Morgan fingerprint density at radius 1 is 0.326 bits per heavy atom. The van der Waals surface area contributed by atoms with Crippen molar-refractivity contribution in [1.82, 2.24) is 0 Å². The van der Waals surface area contributed by atoms with Crippen molar-refractivity contribution < 1.29 is 80.2 Å². The summed E-state index contributed by atoms with van der Waals surface area (Å²) in [5.41, 5.74) is 0. The first kappa shape index (κ1) is 87.1. The van der Waals surface area contributed by atoms with Gasteiger partial charge in [0.25, 0.3) is 0 Å². The molecule has 0 rings (SSSR count). The Bertz CT molecular complexity index is 1750. The minimum atomic E-state index is -4.95. The van der Waals surface area contributed by atoms with E-state index in [1.807, 2.05) is 0 Å². The summed E-state index contributed by atoms with van der Waals surface area (Å²) < 4.78 is 68.3. The molecule has 0 aromatic heterocycles. The molecule has 0 aromatic rings. The number of hydrogen-bond donors (Lipinski definition) is 3. The van der Waals surface area contributed by atoms with Crippen LogP contribution in [0.4, 0.5) is 0 Å². The molecular formula is C70H136O17P2. The summed E-state index contributed by atoms with van der Waals surface area (Å²) in [6.07, 6.45) is 44.2. The van der Waals surface area contributed by atoms with Crippen LogP contribution < -0.4 is 0 Å². The molecule has 0 aliphatic heterocycles. The first-order chi connectivity index (χ1) is 42.8. The van der Waals surface area contributed by atoms with Crippen LogP contribution in [0.2, 0.25) is 0 Å². The van der Waals surface area contributed by atoms with Gasteiger partial charge in [-0.3, -0.25) is 37.3 Å². The van der Waals surface area contributed by atoms with Crippen molar-refractivity contribution in [1.29, 1.82) is 0 Å². The van der Waals surface area contributed by atoms with E-state index in [1.54, 1.807) is 0 Å². The molecule has 0 spiro atoms. The number of aliphatic hydroxyl groups excluding tert-OH is 1. The Hall–Kier alpha value is -1.94. The van der Waals surface area contributed by atoms with Gasteiger partial charge in [-0.05, 0) is 43.4 Å². The van der Waals surface area contributed by atoms with Crippen LogP contribution in [0.1, 0.15) is 350 Å². The summed E-state index contributed by atoms with van der Waals surface area (Å²) >= 11 is 0. The maximum absolute atomic E-state index is 13.0. The number of carbonyl (C=O) groups excluding carboxylic acids is 4. The SMILES string of the molecule is CCCCCCCCCCCCCCC(=O)O[C@H](COC(=O)CCCCCCCCCCC(C)C)COP(=O)(O)OC[C@H](O)COP(=O)(O)OC[C@@H](COC(=O)CCCCCCCCCCC(C)CC)OC(=O)CCCCCCCCCCCCC(C)CC. The molecule has 0 bridgehead atoms. The van der Waals surface area contributed by atoms with Gasteiger partial charge in [0.15, 0.2) is 12.2 Å². The van der Waals surface area contributed by atoms with Gasteiger partial charge < -0.3 is 33.8 Å². The third-order valence-electron chi connectivity index (χ3n) is 16.9. The molecule has 0 aromatic carbocycles. The summed E-state index contributed by atoms with van der Waals surface area (Å²) in [6.45, 7) is 11.8. The van der Waals surface area contributed by atoms with E-state index in [0.717, 1.165) is 108 Å². The molecule has 528 valence electrons. The molecular weight excluding hydrogens is 1170 g/mol. The number of hydrogen-bond acceptors (Lipinski definition) is 15. The van der Waals surface area contributed by atoms with Crippen molar-refractivity contribution in [3.8, 4) is 0 Å². The summed E-state index contributed by atoms with van der Waals surface area (Å²) in [4.78, 5) is 72.6. The second-order valence-corrected chi connectivity index (χ2v) is 29.1. The predicted octanol–water partition coefficient (Wildman–Crippen LogP) is 19.8. The molecule has 0 saturated carbocycles. The standard InChI is InChI=1S/C70H136O17P2/c1-8-11-12-13-14-15-16-17-21-32-39-46-53-69(74)86-65(57-80-67(72)51-44-37-30-25-23-27-34-41-48-61(4)5)59-84-88(76,77)82-55-64(71)56-83-89(78,79)85-60-66(58-81-68(73)52-45-38-31-26-24-29-36-43-50-63(7)10-3)87-70(75)54-47-40-33-22-19-18-20-28-35-42-49-62(6)9-2/h61-66,71H,8-60H2,1-7H3,(H,76,77)(H,78,79)/t62?,63?,64-,65+,66+/m0/s1. The van der Waals surface area contributed by atoms with Crippen molar-refractivity contribution in [2.75, 3.05) is 39.6 Å². The molecule has 89 heavy (non-hydrogen) atoms. The maximum atomic E-state index is 13.0. The molecule has 4 unspecified atom stereocenters. The van der Waals surface area contributed by atoms with Crippen molar-refractivity contribution in [3.63, 3.8) is 0 Å². The van der Waals surface area contributed by atoms with Crippen LogP contribution in [0.25, 0.3) is 0 Å². The smallest absolute Gasteiger partial charge is 0.462 e. The third kappa shape index (κ3) is 62.0. The van der Waals surface area contributed by atoms with E-state index in [1.165, 1.54) is 161 Å². The number of unbranched alkanes of at least 4 members (excludes halogenated alkanes) is 34. The van der Waals surface area contributed by atoms with E-state index >= 15 is 0 Å². The highest BCUT2D eigenvalue weighted by atomic mass is 31.2. The number of phosphoric ester groups is 2. The lowest BCUT2D eigenvalue weighted by atomic mass is 9.99. The second kappa shape index (κ2) is 61.0. The van der Waals surface area contributed by atoms with E-state index in [4.69, 9.17) is 37.0 Å². The average molecular weight is 1310 g/mol. The van der Waals surface area contributed by atoms with Crippen LogP contribution in [-0.2, 0) is 65.4 Å². The molecule has 7 atom stereocenters. The van der Waals surface area contributed by atoms with Crippen molar-refractivity contribution in [2.45, 2.75) is 369 Å². The van der Waals surface area contributed by atoms with Gasteiger partial charge in [0.1, 0.15) is 19.3 Å². The van der Waals surface area contributed by atoms with Crippen molar-refractivity contribution >= 4 is 39.5 Å². The van der Waals surface area contributed by atoms with E-state index in [0.29, 0.717) is 25.7 Å². The van der Waals surface area contributed by atoms with Crippen LogP contribution in [0.3, 0.4) is 0 Å². The number of esters is 4. The highest BCUT2D eigenvalue weighted by molar-refractivity contribution is 7.47. The third-order valence-corrected chi connectivity index (χ3v) is 18.8. The monoisotopic (exact) mass is 1310 g/mol. The summed E-state index contributed by atoms with van der Waals surface area (Å²) in [5, 5.41) is 10.6. The topological polar surface area (TPSA) is 237 Å². The van der Waals surface area contributed by atoms with E-state index in [2.05, 4.69) is 48.5 Å². The van der Waals surface area contributed by atoms with Crippen LogP contribution in [0.15, 0.2) is 0 Å². The Morgan fingerprint density at radius 3 is 0.854 bits per heavy atom. The molecule has 0 amide bonds. The number of phosphoric acid groups is 2. The number of ether oxygens (including phenoxy) is 4. The molecule has 0 saturated heterocycles. The lowest BCUT2D eigenvalue weighted by Crippen LogP contribution is -2.30. The van der Waals surface area contributed by atoms with Crippen LogP contribution in [-0.4, -0.2) is 96.7 Å². The molecule has 0 fully saturated rings. The van der Waals surface area contributed by atoms with Gasteiger partial charge in [-0.15, -0.1) is 0 Å². The second-order valence-electron chi connectivity index (χ2n) is 26.2. The van der Waals surface area contributed by atoms with Gasteiger partial charge in [0.05, 0.1) is 26.4 Å². The zero-order valence-electron chi connectivity index (χ0n) is 57.9. The lowest BCUT2D eigenvalue weighted by Gasteiger charge is -2.21. The molecule has 19 heteroatoms. The lowest BCUT2D eigenvalue weighted by molar-refractivity contribution is -0.161. The van der Waals surface area contributed by atoms with Crippen LogP contribution in [0.5, 0.6) is 0 Å². The molecule has 0 radical (unpaired) electrons.